The van der Waals surface area contributed by atoms with E-state index in [0.29, 0.717) is 17.8 Å². The summed E-state index contributed by atoms with van der Waals surface area (Å²) < 4.78 is 5.41. The number of benzene rings is 1. The Labute approximate surface area is 172 Å². The van der Waals surface area contributed by atoms with Gasteiger partial charge in [0, 0.05) is 0 Å². The summed E-state index contributed by atoms with van der Waals surface area (Å²) in [6.07, 6.45) is 6.60. The van der Waals surface area contributed by atoms with Crippen molar-refractivity contribution in [3.8, 4) is 10.7 Å². The van der Waals surface area contributed by atoms with E-state index in [1.165, 1.54) is 17.5 Å². The number of carbonyl (C=O) groups excluding carboxylic acids is 1. The molecule has 0 unspecified atom stereocenters. The van der Waals surface area contributed by atoms with Crippen LogP contribution < -0.4 is 4.74 Å². The summed E-state index contributed by atoms with van der Waals surface area (Å²) in [5.74, 6) is 2.46. The van der Waals surface area contributed by atoms with Crippen molar-refractivity contribution in [2.45, 2.75) is 56.7 Å². The third-order valence-corrected chi connectivity index (χ3v) is 8.26. The first-order valence-electron chi connectivity index (χ1n) is 10.0. The average molecular weight is 445 g/mol. The van der Waals surface area contributed by atoms with E-state index in [1.807, 2.05) is 4.97 Å². The van der Waals surface area contributed by atoms with Gasteiger partial charge in [-0.15, -0.1) is 0 Å². The summed E-state index contributed by atoms with van der Waals surface area (Å²) >= 11 is -0.352. The monoisotopic (exact) mass is 446 g/mol. The normalized spacial score (nSPS) is 32.0. The summed E-state index contributed by atoms with van der Waals surface area (Å²) in [6.45, 7) is 2.32. The number of fused-ring (bicyclic) bond motifs is 5. The Kier molecular flexibility index (Phi) is 5.49. The standard InChI is InChI=1S/C22H26N2O3Se/c1-22-10-9-17-16-6-4-15(26-2)11-14(16)3-5-18(17)19(22)7-8-20(22)24-27-21(25)12-28-13-23/h4,6,11,17-19H,3,5,7-10,12H2,1-2H3/b24-20+/t17-,18-,19+,22+/m1/s1. The molecule has 0 aliphatic heterocycles. The molecule has 3 aliphatic carbocycles. The van der Waals surface area contributed by atoms with E-state index in [9.17, 15) is 4.79 Å². The average Bonchev–Trinajstić information content (AvgIpc) is 3.06. The van der Waals surface area contributed by atoms with Crippen LogP contribution in [-0.2, 0) is 16.1 Å². The Balaban J connectivity index is 1.52. The fraction of sp³-hybridized carbons (Fsp3) is 0.591. The number of hydrogen-bond acceptors (Lipinski definition) is 5. The third-order valence-electron chi connectivity index (χ3n) is 7.19. The first-order valence-corrected chi connectivity index (χ1v) is 12.1. The predicted octanol–water partition coefficient (Wildman–Crippen LogP) is 4.05. The maximum absolute atomic E-state index is 11.8. The molecule has 0 amide bonds. The van der Waals surface area contributed by atoms with Crippen molar-refractivity contribution in [3.05, 3.63) is 29.3 Å². The maximum atomic E-state index is 11.8. The molecule has 1 aromatic rings. The number of carbonyl (C=O) groups is 1. The van der Waals surface area contributed by atoms with E-state index < -0.39 is 0 Å². The third kappa shape index (κ3) is 3.36. The zero-order valence-electron chi connectivity index (χ0n) is 16.4. The second kappa shape index (κ2) is 7.89. The van der Waals surface area contributed by atoms with E-state index in [4.69, 9.17) is 14.8 Å². The van der Waals surface area contributed by atoms with Crippen molar-refractivity contribution in [2.75, 3.05) is 7.11 Å². The first kappa shape index (κ1) is 19.5. The Hall–Kier alpha value is -1.83. The van der Waals surface area contributed by atoms with Gasteiger partial charge >= 0.3 is 155 Å². The molecule has 28 heavy (non-hydrogen) atoms. The van der Waals surface area contributed by atoms with Crippen LogP contribution in [-0.4, -0.2) is 33.7 Å². The van der Waals surface area contributed by atoms with Crippen LogP contribution in [0.4, 0.5) is 0 Å². The van der Waals surface area contributed by atoms with Crippen LogP contribution in [0.1, 0.15) is 56.1 Å². The minimum atomic E-state index is -0.379. The molecule has 0 bridgehead atoms. The van der Waals surface area contributed by atoms with Crippen molar-refractivity contribution in [3.63, 3.8) is 0 Å². The van der Waals surface area contributed by atoms with Gasteiger partial charge in [-0.05, 0) is 0 Å². The van der Waals surface area contributed by atoms with Gasteiger partial charge in [0.15, 0.2) is 0 Å². The molecule has 148 valence electrons. The first-order chi connectivity index (χ1) is 13.6. The summed E-state index contributed by atoms with van der Waals surface area (Å²) in [5.41, 5.74) is 4.04. The van der Waals surface area contributed by atoms with Crippen molar-refractivity contribution in [2.24, 2.45) is 22.4 Å². The molecule has 2 saturated carbocycles. The van der Waals surface area contributed by atoms with Gasteiger partial charge < -0.3 is 4.74 Å². The minimum absolute atomic E-state index is 0.0335. The second-order valence-corrected chi connectivity index (χ2v) is 9.95. The number of nitrogens with zero attached hydrogens (tertiary/aromatic N) is 2. The van der Waals surface area contributed by atoms with E-state index in [2.05, 4.69) is 30.3 Å². The van der Waals surface area contributed by atoms with Crippen LogP contribution in [0.15, 0.2) is 23.4 Å². The molecule has 4 rings (SSSR count). The molecule has 3 aliphatic rings. The van der Waals surface area contributed by atoms with Crippen molar-refractivity contribution < 1.29 is 14.4 Å². The van der Waals surface area contributed by atoms with Crippen molar-refractivity contribution >= 4 is 26.6 Å². The predicted molar refractivity (Wildman–Crippen MR) is 107 cm³/mol. The Morgan fingerprint density at radius 1 is 1.36 bits per heavy atom. The summed E-state index contributed by atoms with van der Waals surface area (Å²) in [6, 6.07) is 6.58. The van der Waals surface area contributed by atoms with Crippen LogP contribution in [0.3, 0.4) is 0 Å². The molecular formula is C22H26N2O3Se. The fourth-order valence-corrected chi connectivity index (χ4v) is 6.34. The van der Waals surface area contributed by atoms with Crippen LogP contribution in [0, 0.1) is 27.5 Å². The van der Waals surface area contributed by atoms with Gasteiger partial charge in [0.1, 0.15) is 5.75 Å². The molecule has 0 N–H and O–H groups in total. The van der Waals surface area contributed by atoms with Crippen LogP contribution in [0.5, 0.6) is 5.75 Å². The Morgan fingerprint density at radius 3 is 3.00 bits per heavy atom. The SMILES string of the molecule is COc1ccc2c(c1)CC[C@@H]1[C@@H]2CC[C@]2(C)/C(=N/OC(=O)C[Se]C#N)CC[C@@H]12. The number of methoxy groups -OCH3 is 1. The van der Waals surface area contributed by atoms with Crippen LogP contribution in [0.25, 0.3) is 0 Å². The summed E-state index contributed by atoms with van der Waals surface area (Å²) in [4.78, 5) is 19.0. The van der Waals surface area contributed by atoms with Crippen molar-refractivity contribution in [1.29, 1.82) is 5.26 Å². The molecule has 6 heteroatoms. The van der Waals surface area contributed by atoms with Gasteiger partial charge in [-0.3, -0.25) is 0 Å². The number of oxime groups is 1. The molecule has 2 fully saturated rings. The molecule has 0 aromatic heterocycles. The van der Waals surface area contributed by atoms with E-state index in [-0.39, 0.29) is 31.7 Å². The molecule has 5 nitrogen and oxygen atoms in total. The van der Waals surface area contributed by atoms with Gasteiger partial charge in [-0.2, -0.15) is 0 Å². The molecule has 0 heterocycles. The second-order valence-electron chi connectivity index (χ2n) is 8.36. The van der Waals surface area contributed by atoms with Crippen LogP contribution in [0.2, 0.25) is 5.32 Å². The number of ether oxygens (including phenoxy) is 1. The quantitative estimate of drug-likeness (QED) is 0.398. The Bertz CT molecular complexity index is 847. The zero-order valence-corrected chi connectivity index (χ0v) is 18.2. The van der Waals surface area contributed by atoms with E-state index >= 15 is 0 Å². The molecule has 4 atom stereocenters. The summed E-state index contributed by atoms with van der Waals surface area (Å²) in [7, 11) is 1.73. The Morgan fingerprint density at radius 2 is 2.21 bits per heavy atom. The topological polar surface area (TPSA) is 71.7 Å². The number of hydrogen-bond donors (Lipinski definition) is 0. The fourth-order valence-electron chi connectivity index (χ4n) is 5.85. The van der Waals surface area contributed by atoms with Crippen molar-refractivity contribution in [1.82, 2.24) is 0 Å². The van der Waals surface area contributed by atoms with Gasteiger partial charge in [0.2, 0.25) is 0 Å². The number of aryl methyl sites for hydroxylation is 1. The van der Waals surface area contributed by atoms with Gasteiger partial charge in [-0.1, -0.05) is 0 Å². The van der Waals surface area contributed by atoms with E-state index in [0.717, 1.165) is 43.6 Å². The molecular weight excluding hydrogens is 419 g/mol. The van der Waals surface area contributed by atoms with Gasteiger partial charge in [0.05, 0.1) is 7.11 Å². The van der Waals surface area contributed by atoms with Gasteiger partial charge in [0.25, 0.3) is 0 Å². The number of rotatable bonds is 4. The molecule has 0 radical (unpaired) electrons. The summed E-state index contributed by atoms with van der Waals surface area (Å²) in [5, 5.41) is 13.1. The van der Waals surface area contributed by atoms with E-state index in [1.54, 1.807) is 7.11 Å². The molecule has 0 saturated heterocycles. The van der Waals surface area contributed by atoms with Gasteiger partial charge in [-0.25, -0.2) is 0 Å². The number of nitriles is 1. The zero-order chi connectivity index (χ0) is 19.7. The molecule has 1 aromatic carbocycles. The van der Waals surface area contributed by atoms with Crippen LogP contribution >= 0.6 is 0 Å². The molecule has 0 spiro atoms.